The maximum atomic E-state index is 12.1. The highest BCUT2D eigenvalue weighted by atomic mass is 32.1. The molecular formula is C18H17NO3S. The minimum Gasteiger partial charge on any atom is -0.481 e. The van der Waals surface area contributed by atoms with E-state index in [-0.39, 0.29) is 5.91 Å². The fourth-order valence-electron chi connectivity index (χ4n) is 2.10. The summed E-state index contributed by atoms with van der Waals surface area (Å²) >= 11 is 1.62. The van der Waals surface area contributed by atoms with E-state index in [1.807, 2.05) is 60.0 Å². The Bertz CT molecular complexity index is 750. The SMILES string of the molecule is C[C@H](Oc1ccccc1)C(=O)NCc1ccc(-c2cccs2)o1. The lowest BCUT2D eigenvalue weighted by Gasteiger charge is -2.14. The Balaban J connectivity index is 1.52. The zero-order valence-electron chi connectivity index (χ0n) is 12.7. The van der Waals surface area contributed by atoms with E-state index in [1.54, 1.807) is 18.3 Å². The van der Waals surface area contributed by atoms with Gasteiger partial charge >= 0.3 is 0 Å². The van der Waals surface area contributed by atoms with E-state index < -0.39 is 6.10 Å². The first-order chi connectivity index (χ1) is 11.2. The summed E-state index contributed by atoms with van der Waals surface area (Å²) in [6.07, 6.45) is -0.566. The Kier molecular flexibility index (Phi) is 4.78. The maximum absolute atomic E-state index is 12.1. The van der Waals surface area contributed by atoms with Crippen molar-refractivity contribution in [2.24, 2.45) is 0 Å². The minimum absolute atomic E-state index is 0.178. The predicted octanol–water partition coefficient (Wildman–Crippen LogP) is 4.09. The Morgan fingerprint density at radius 3 is 2.74 bits per heavy atom. The number of hydrogen-bond donors (Lipinski definition) is 1. The van der Waals surface area contributed by atoms with Crippen molar-refractivity contribution in [1.82, 2.24) is 5.32 Å². The first-order valence-corrected chi connectivity index (χ1v) is 8.22. The quantitative estimate of drug-likeness (QED) is 0.742. The summed E-state index contributed by atoms with van der Waals surface area (Å²) in [5.74, 6) is 2.03. The van der Waals surface area contributed by atoms with Crippen LogP contribution in [0.4, 0.5) is 0 Å². The molecule has 0 unspecified atom stereocenters. The number of amides is 1. The molecule has 1 aromatic carbocycles. The van der Waals surface area contributed by atoms with Gasteiger partial charge in [-0.1, -0.05) is 24.3 Å². The summed E-state index contributed by atoms with van der Waals surface area (Å²) in [5, 5.41) is 4.83. The van der Waals surface area contributed by atoms with Crippen molar-refractivity contribution in [3.63, 3.8) is 0 Å². The number of ether oxygens (including phenoxy) is 1. The van der Waals surface area contributed by atoms with Gasteiger partial charge in [-0.2, -0.15) is 0 Å². The molecule has 0 aliphatic carbocycles. The van der Waals surface area contributed by atoms with Crippen molar-refractivity contribution in [2.75, 3.05) is 0 Å². The third-order valence-electron chi connectivity index (χ3n) is 3.29. The Morgan fingerprint density at radius 2 is 2.00 bits per heavy atom. The van der Waals surface area contributed by atoms with E-state index >= 15 is 0 Å². The molecule has 0 saturated heterocycles. The van der Waals surface area contributed by atoms with E-state index in [4.69, 9.17) is 9.15 Å². The number of thiophene rings is 1. The van der Waals surface area contributed by atoms with Crippen LogP contribution in [-0.4, -0.2) is 12.0 Å². The molecule has 5 heteroatoms. The number of hydrogen-bond acceptors (Lipinski definition) is 4. The van der Waals surface area contributed by atoms with E-state index in [0.29, 0.717) is 18.1 Å². The average Bonchev–Trinajstić information content (AvgIpc) is 3.24. The molecule has 0 aliphatic rings. The molecule has 0 bridgehead atoms. The second-order valence-corrected chi connectivity index (χ2v) is 5.98. The molecule has 4 nitrogen and oxygen atoms in total. The van der Waals surface area contributed by atoms with Crippen molar-refractivity contribution in [3.05, 3.63) is 65.7 Å². The number of carbonyl (C=O) groups is 1. The molecule has 0 spiro atoms. The summed E-state index contributed by atoms with van der Waals surface area (Å²) in [6, 6.07) is 17.1. The van der Waals surface area contributed by atoms with E-state index in [9.17, 15) is 4.79 Å². The number of carbonyl (C=O) groups excluding carboxylic acids is 1. The molecule has 118 valence electrons. The molecule has 1 atom stereocenters. The molecule has 23 heavy (non-hydrogen) atoms. The molecule has 3 aromatic rings. The molecular weight excluding hydrogens is 310 g/mol. The van der Waals surface area contributed by atoms with Crippen LogP contribution >= 0.6 is 11.3 Å². The molecule has 1 amide bonds. The summed E-state index contributed by atoms with van der Waals surface area (Å²) < 4.78 is 11.3. The van der Waals surface area contributed by atoms with Gasteiger partial charge in [-0.05, 0) is 42.6 Å². The van der Waals surface area contributed by atoms with Crippen LogP contribution in [0, 0.1) is 0 Å². The van der Waals surface area contributed by atoms with Crippen molar-refractivity contribution in [3.8, 4) is 16.4 Å². The van der Waals surface area contributed by atoms with Gasteiger partial charge in [0.2, 0.25) is 0 Å². The second-order valence-electron chi connectivity index (χ2n) is 5.03. The molecule has 2 aromatic heterocycles. The van der Waals surface area contributed by atoms with E-state index in [0.717, 1.165) is 10.6 Å². The molecule has 0 radical (unpaired) electrons. The Morgan fingerprint density at radius 1 is 1.17 bits per heavy atom. The molecule has 3 rings (SSSR count). The third kappa shape index (κ3) is 4.02. The largest absolute Gasteiger partial charge is 0.481 e. The average molecular weight is 327 g/mol. The Hall–Kier alpha value is -2.53. The van der Waals surface area contributed by atoms with Gasteiger partial charge in [0.05, 0.1) is 11.4 Å². The zero-order chi connectivity index (χ0) is 16.1. The summed E-state index contributed by atoms with van der Waals surface area (Å²) in [4.78, 5) is 13.2. The van der Waals surface area contributed by atoms with Crippen molar-refractivity contribution in [1.29, 1.82) is 0 Å². The normalized spacial score (nSPS) is 11.9. The second kappa shape index (κ2) is 7.15. The van der Waals surface area contributed by atoms with Gasteiger partial charge in [-0.15, -0.1) is 11.3 Å². The molecule has 0 aliphatic heterocycles. The Labute approximate surface area is 138 Å². The highest BCUT2D eigenvalue weighted by molar-refractivity contribution is 7.13. The van der Waals surface area contributed by atoms with E-state index in [1.165, 1.54) is 0 Å². The maximum Gasteiger partial charge on any atom is 0.261 e. The van der Waals surface area contributed by atoms with Gasteiger partial charge in [-0.3, -0.25) is 4.79 Å². The molecule has 0 saturated carbocycles. The van der Waals surface area contributed by atoms with Gasteiger partial charge in [0.15, 0.2) is 6.10 Å². The monoisotopic (exact) mass is 327 g/mol. The van der Waals surface area contributed by atoms with Crippen molar-refractivity contribution >= 4 is 17.2 Å². The van der Waals surface area contributed by atoms with Gasteiger partial charge in [0, 0.05) is 0 Å². The van der Waals surface area contributed by atoms with E-state index in [2.05, 4.69) is 5.32 Å². The highest BCUT2D eigenvalue weighted by Gasteiger charge is 2.15. The minimum atomic E-state index is -0.566. The van der Waals surface area contributed by atoms with Crippen LogP contribution < -0.4 is 10.1 Å². The van der Waals surface area contributed by atoms with Crippen molar-refractivity contribution < 1.29 is 13.9 Å². The van der Waals surface area contributed by atoms with Gasteiger partial charge < -0.3 is 14.5 Å². The first-order valence-electron chi connectivity index (χ1n) is 7.34. The standard InChI is InChI=1S/C18H17NO3S/c1-13(21-14-6-3-2-4-7-14)18(20)19-12-15-9-10-16(22-15)17-8-5-11-23-17/h2-11,13H,12H2,1H3,(H,19,20)/t13-/m0/s1. The fourth-order valence-corrected chi connectivity index (χ4v) is 2.79. The number of para-hydroxylation sites is 1. The van der Waals surface area contributed by atoms with Crippen LogP contribution in [0.15, 0.2) is 64.4 Å². The van der Waals surface area contributed by atoms with Crippen LogP contribution in [0.5, 0.6) is 5.75 Å². The van der Waals surface area contributed by atoms with Gasteiger partial charge in [0.1, 0.15) is 17.3 Å². The summed E-state index contributed by atoms with van der Waals surface area (Å²) in [5.41, 5.74) is 0. The number of furan rings is 1. The fraction of sp³-hybridized carbons (Fsp3) is 0.167. The van der Waals surface area contributed by atoms with Crippen LogP contribution in [-0.2, 0) is 11.3 Å². The zero-order valence-corrected chi connectivity index (χ0v) is 13.5. The number of benzene rings is 1. The topological polar surface area (TPSA) is 51.5 Å². The molecule has 2 heterocycles. The van der Waals surface area contributed by atoms with Gasteiger partial charge in [-0.25, -0.2) is 0 Å². The number of rotatable bonds is 6. The lowest BCUT2D eigenvalue weighted by Crippen LogP contribution is -2.35. The van der Waals surface area contributed by atoms with Crippen LogP contribution in [0.3, 0.4) is 0 Å². The van der Waals surface area contributed by atoms with Gasteiger partial charge in [0.25, 0.3) is 5.91 Å². The van der Waals surface area contributed by atoms with Crippen LogP contribution in [0.1, 0.15) is 12.7 Å². The summed E-state index contributed by atoms with van der Waals surface area (Å²) in [6.45, 7) is 2.06. The lowest BCUT2D eigenvalue weighted by atomic mass is 10.3. The number of nitrogens with one attached hydrogen (secondary N) is 1. The third-order valence-corrected chi connectivity index (χ3v) is 4.17. The predicted molar refractivity (Wildman–Crippen MR) is 90.4 cm³/mol. The smallest absolute Gasteiger partial charge is 0.261 e. The molecule has 0 fully saturated rings. The first kappa shape index (κ1) is 15.4. The molecule has 1 N–H and O–H groups in total. The highest BCUT2D eigenvalue weighted by Crippen LogP contribution is 2.26. The van der Waals surface area contributed by atoms with Crippen LogP contribution in [0.25, 0.3) is 10.6 Å². The lowest BCUT2D eigenvalue weighted by molar-refractivity contribution is -0.127. The van der Waals surface area contributed by atoms with Crippen LogP contribution in [0.2, 0.25) is 0 Å². The van der Waals surface area contributed by atoms with Crippen molar-refractivity contribution in [2.45, 2.75) is 19.6 Å². The summed E-state index contributed by atoms with van der Waals surface area (Å²) in [7, 11) is 0.